The van der Waals surface area contributed by atoms with Crippen molar-refractivity contribution in [1.29, 1.82) is 0 Å². The molecule has 2 aliphatic rings. The van der Waals surface area contributed by atoms with Gasteiger partial charge in [0.2, 0.25) is 5.95 Å². The number of morpholine rings is 1. The van der Waals surface area contributed by atoms with Crippen molar-refractivity contribution in [3.8, 4) is 0 Å². The molecule has 0 saturated carbocycles. The van der Waals surface area contributed by atoms with Gasteiger partial charge in [0.1, 0.15) is 11.5 Å². The first-order chi connectivity index (χ1) is 13.9. The maximum absolute atomic E-state index is 13.0. The summed E-state index contributed by atoms with van der Waals surface area (Å²) >= 11 is 0. The number of nitrogens with one attached hydrogen (secondary N) is 1. The molecular weight excluding hydrogens is 366 g/mol. The minimum Gasteiger partial charge on any atom is -0.378 e. The third-order valence-corrected chi connectivity index (χ3v) is 5.54. The van der Waals surface area contributed by atoms with Crippen molar-refractivity contribution in [3.05, 3.63) is 41.1 Å². The zero-order valence-corrected chi connectivity index (χ0v) is 17.6. The molecule has 1 aromatic carbocycles. The molecule has 154 valence electrons. The molecule has 0 radical (unpaired) electrons. The Morgan fingerprint density at radius 2 is 1.72 bits per heavy atom. The van der Waals surface area contributed by atoms with Crippen LogP contribution in [-0.2, 0) is 11.3 Å². The van der Waals surface area contributed by atoms with Crippen LogP contribution in [0.2, 0.25) is 0 Å². The SMILES string of the molecule is CC(C)c1ccc(Nc2nc(N3CCOCC3)nc3c2CN(C(C)C)C3=O)cc1. The van der Waals surface area contributed by atoms with Gasteiger partial charge in [0.15, 0.2) is 0 Å². The van der Waals surface area contributed by atoms with E-state index in [0.29, 0.717) is 43.1 Å². The highest BCUT2D eigenvalue weighted by Crippen LogP contribution is 2.32. The summed E-state index contributed by atoms with van der Waals surface area (Å²) in [5.41, 5.74) is 3.63. The number of amides is 1. The number of ether oxygens (including phenoxy) is 1. The van der Waals surface area contributed by atoms with Gasteiger partial charge in [-0.25, -0.2) is 4.98 Å². The molecule has 2 aromatic rings. The number of hydrogen-bond acceptors (Lipinski definition) is 6. The smallest absolute Gasteiger partial charge is 0.273 e. The highest BCUT2D eigenvalue weighted by atomic mass is 16.5. The normalized spacial score (nSPS) is 16.7. The molecule has 1 fully saturated rings. The highest BCUT2D eigenvalue weighted by Gasteiger charge is 2.35. The van der Waals surface area contributed by atoms with Crippen molar-refractivity contribution in [3.63, 3.8) is 0 Å². The summed E-state index contributed by atoms with van der Waals surface area (Å²) in [5, 5.41) is 3.44. The zero-order valence-electron chi connectivity index (χ0n) is 17.6. The predicted molar refractivity (Wildman–Crippen MR) is 114 cm³/mol. The fraction of sp³-hybridized carbons (Fsp3) is 0.500. The van der Waals surface area contributed by atoms with Crippen LogP contribution in [0.15, 0.2) is 24.3 Å². The molecule has 1 N–H and O–H groups in total. The summed E-state index contributed by atoms with van der Waals surface area (Å²) in [6.45, 7) is 11.7. The molecule has 7 nitrogen and oxygen atoms in total. The lowest BCUT2D eigenvalue weighted by Gasteiger charge is -2.27. The second kappa shape index (κ2) is 7.99. The number of benzene rings is 1. The fourth-order valence-corrected chi connectivity index (χ4v) is 3.69. The molecule has 1 saturated heterocycles. The summed E-state index contributed by atoms with van der Waals surface area (Å²) in [6.07, 6.45) is 0. The molecule has 0 aliphatic carbocycles. The van der Waals surface area contributed by atoms with E-state index < -0.39 is 0 Å². The quantitative estimate of drug-likeness (QED) is 0.835. The van der Waals surface area contributed by atoms with Crippen molar-refractivity contribution < 1.29 is 9.53 Å². The number of anilines is 3. The minimum atomic E-state index is -0.0230. The second-order valence-electron chi connectivity index (χ2n) is 8.23. The van der Waals surface area contributed by atoms with Crippen molar-refractivity contribution in [2.45, 2.75) is 46.2 Å². The third kappa shape index (κ3) is 3.92. The van der Waals surface area contributed by atoms with Crippen LogP contribution in [0.1, 0.15) is 55.2 Å². The summed E-state index contributed by atoms with van der Waals surface area (Å²) in [6, 6.07) is 8.50. The molecular formula is C22H29N5O2. The summed E-state index contributed by atoms with van der Waals surface area (Å²) < 4.78 is 5.45. The Morgan fingerprint density at radius 3 is 2.34 bits per heavy atom. The summed E-state index contributed by atoms with van der Waals surface area (Å²) in [5.74, 6) is 1.76. The van der Waals surface area contributed by atoms with E-state index in [-0.39, 0.29) is 11.9 Å². The maximum atomic E-state index is 13.0. The van der Waals surface area contributed by atoms with Crippen LogP contribution in [0.5, 0.6) is 0 Å². The Bertz CT molecular complexity index is 889. The van der Waals surface area contributed by atoms with E-state index in [1.54, 1.807) is 0 Å². The average molecular weight is 396 g/mol. The van der Waals surface area contributed by atoms with E-state index in [9.17, 15) is 4.79 Å². The lowest BCUT2D eigenvalue weighted by molar-refractivity contribution is 0.0726. The maximum Gasteiger partial charge on any atom is 0.273 e. The van der Waals surface area contributed by atoms with Crippen LogP contribution in [0, 0.1) is 0 Å². The molecule has 0 unspecified atom stereocenters. The molecule has 0 spiro atoms. The Kier molecular flexibility index (Phi) is 5.41. The van der Waals surface area contributed by atoms with E-state index in [4.69, 9.17) is 9.72 Å². The van der Waals surface area contributed by atoms with Gasteiger partial charge >= 0.3 is 0 Å². The number of carbonyl (C=O) groups is 1. The molecule has 4 rings (SSSR count). The van der Waals surface area contributed by atoms with Gasteiger partial charge in [-0.2, -0.15) is 4.98 Å². The standard InChI is InChI=1S/C22H29N5O2/c1-14(2)16-5-7-17(8-6-16)23-20-18-13-27(15(3)4)21(28)19(18)24-22(25-20)26-9-11-29-12-10-26/h5-8,14-15H,9-13H2,1-4H3,(H,23,24,25). The molecule has 1 amide bonds. The van der Waals surface area contributed by atoms with Gasteiger partial charge in [-0.15, -0.1) is 0 Å². The first-order valence-corrected chi connectivity index (χ1v) is 10.4. The predicted octanol–water partition coefficient (Wildman–Crippen LogP) is 3.54. The van der Waals surface area contributed by atoms with E-state index in [1.165, 1.54) is 5.56 Å². The Morgan fingerprint density at radius 1 is 1.03 bits per heavy atom. The lowest BCUT2D eigenvalue weighted by atomic mass is 10.0. The van der Waals surface area contributed by atoms with Crippen molar-refractivity contribution in [2.75, 3.05) is 36.5 Å². The van der Waals surface area contributed by atoms with Gasteiger partial charge in [0.05, 0.1) is 19.8 Å². The highest BCUT2D eigenvalue weighted by molar-refractivity contribution is 5.98. The number of carbonyl (C=O) groups excluding carboxylic acids is 1. The largest absolute Gasteiger partial charge is 0.378 e. The van der Waals surface area contributed by atoms with E-state index in [2.05, 4.69) is 53.3 Å². The number of hydrogen-bond donors (Lipinski definition) is 1. The molecule has 3 heterocycles. The van der Waals surface area contributed by atoms with Crippen LogP contribution in [0.3, 0.4) is 0 Å². The second-order valence-corrected chi connectivity index (χ2v) is 8.23. The van der Waals surface area contributed by atoms with E-state index in [1.807, 2.05) is 18.7 Å². The van der Waals surface area contributed by atoms with Crippen LogP contribution in [-0.4, -0.2) is 53.1 Å². The molecule has 0 bridgehead atoms. The van der Waals surface area contributed by atoms with Crippen LogP contribution in [0.4, 0.5) is 17.5 Å². The summed E-state index contributed by atoms with van der Waals surface area (Å²) in [4.78, 5) is 26.4. The lowest BCUT2D eigenvalue weighted by Crippen LogP contribution is -2.37. The fourth-order valence-electron chi connectivity index (χ4n) is 3.69. The van der Waals surface area contributed by atoms with Gasteiger partial charge < -0.3 is 19.9 Å². The molecule has 2 aliphatic heterocycles. The Labute approximate surface area is 172 Å². The topological polar surface area (TPSA) is 70.6 Å². The van der Waals surface area contributed by atoms with Gasteiger partial charge in [0.25, 0.3) is 5.91 Å². The first kappa shape index (κ1) is 19.6. The molecule has 0 atom stereocenters. The zero-order chi connectivity index (χ0) is 20.5. The molecule has 7 heteroatoms. The van der Waals surface area contributed by atoms with Gasteiger partial charge in [-0.1, -0.05) is 26.0 Å². The van der Waals surface area contributed by atoms with Gasteiger partial charge in [-0.05, 0) is 37.5 Å². The number of fused-ring (bicyclic) bond motifs is 1. The monoisotopic (exact) mass is 395 g/mol. The molecule has 1 aromatic heterocycles. The summed E-state index contributed by atoms with van der Waals surface area (Å²) in [7, 11) is 0. The van der Waals surface area contributed by atoms with Crippen LogP contribution in [0.25, 0.3) is 0 Å². The van der Waals surface area contributed by atoms with Crippen LogP contribution >= 0.6 is 0 Å². The minimum absolute atomic E-state index is 0.0230. The molecule has 29 heavy (non-hydrogen) atoms. The van der Waals surface area contributed by atoms with Gasteiger partial charge in [-0.3, -0.25) is 4.79 Å². The van der Waals surface area contributed by atoms with Crippen molar-refractivity contribution >= 4 is 23.4 Å². The first-order valence-electron chi connectivity index (χ1n) is 10.4. The third-order valence-electron chi connectivity index (χ3n) is 5.54. The Balaban J connectivity index is 1.70. The van der Waals surface area contributed by atoms with E-state index in [0.717, 1.165) is 24.3 Å². The van der Waals surface area contributed by atoms with Gasteiger partial charge in [0, 0.05) is 30.4 Å². The van der Waals surface area contributed by atoms with Crippen molar-refractivity contribution in [2.24, 2.45) is 0 Å². The Hall–Kier alpha value is -2.67. The number of rotatable bonds is 5. The number of aromatic nitrogens is 2. The van der Waals surface area contributed by atoms with Crippen LogP contribution < -0.4 is 10.2 Å². The van der Waals surface area contributed by atoms with Crippen molar-refractivity contribution in [1.82, 2.24) is 14.9 Å². The van der Waals surface area contributed by atoms with E-state index >= 15 is 0 Å². The average Bonchev–Trinajstić information content (AvgIpc) is 3.06. The number of nitrogens with zero attached hydrogens (tertiary/aromatic N) is 4.